The second kappa shape index (κ2) is 50.6. The van der Waals surface area contributed by atoms with Crippen molar-refractivity contribution in [3.8, 4) is 17.2 Å². The third-order valence-corrected chi connectivity index (χ3v) is 30.3. The number of aryl methyl sites for hydroxylation is 5. The maximum atomic E-state index is 8.44. The molecule has 150 heavy (non-hydrogen) atoms. The maximum absolute atomic E-state index is 8.44. The lowest BCUT2D eigenvalue weighted by Gasteiger charge is -2.39. The molecule has 4 fully saturated rings. The van der Waals surface area contributed by atoms with Gasteiger partial charge in [0.1, 0.15) is 58.5 Å². The molecule has 794 valence electrons. The number of nitrogens with one attached hydrogen (secondary N) is 2. The highest BCUT2D eigenvalue weighted by Gasteiger charge is 2.31. The third kappa shape index (κ3) is 34.5. The molecular formula is C116H148N22O5S7. The standard InChI is InChI=1S/C23H27NOS.C17H19N3S.2C16H22N4O2S.2C16H22N4S.C12H14N2S/c1-6-8-17-9-7-10-18(14-17)25-22-13-16(2)24-21-15-19(11-12-20(21)22)26-23(3,4)5;1-12-9-16(20-8-7-18-11-20)14-6-5-13(10-15(14)19-12)21-17(2,3)4;1-10-19-12-7-11(23-16(2,3)4)8-18-14(12)15(17)20(10)9-13-21-5-6-22-13;1-10-19-12-7-11(23-16(2,3)4)8-17-14(12)15(20-10)18-9-13-21-5-6-22-13;1-16(2,3)21-12-4-5-13-14(6-12)18-10-19-15(13)20-8-11(7-17)9-20;1-16(2,3)21-12-4-5-13-14(8-12)18-10-19-15(13)20-7-6-11(17)9-20;1-12(2,3)15-9-4-5-10-11(8-9)14-7-6-13-10/h7,9-15H,6,8H2,1-5H3;5-11H,1-4H3;7-8,13,17H,5-6,9H2,1-4H3;7-8,13H,5-6,9H2,1-4H3,(H,18,19,20);4-6,10-11H,7-9,17H2,1-3H3;4-5,8,10-11H,6-7,9,17H2,1-3H3;4-8H,1-3H3/t;;;;;11-;/m.....1./s1. The van der Waals surface area contributed by atoms with Crippen LogP contribution < -0.4 is 36.8 Å². The van der Waals surface area contributed by atoms with Gasteiger partial charge in [-0.05, 0) is 174 Å². The van der Waals surface area contributed by atoms with Crippen LogP contribution in [0.15, 0.2) is 230 Å². The van der Waals surface area contributed by atoms with Crippen LogP contribution in [0.25, 0.3) is 82.4 Å². The fourth-order valence-corrected chi connectivity index (χ4v) is 23.9. The fourth-order valence-electron chi connectivity index (χ4n) is 16.8. The molecule has 0 aliphatic carbocycles. The average Bonchev–Trinajstić information content (AvgIpc) is 0.976. The van der Waals surface area contributed by atoms with Gasteiger partial charge in [-0.15, -0.1) is 82.3 Å². The minimum Gasteiger partial charge on any atom is -0.457 e. The van der Waals surface area contributed by atoms with Crippen LogP contribution in [0.4, 0.5) is 17.5 Å². The van der Waals surface area contributed by atoms with Gasteiger partial charge in [0, 0.05) is 182 Å². The summed E-state index contributed by atoms with van der Waals surface area (Å²) in [5, 5.41) is 16.2. The van der Waals surface area contributed by atoms with Gasteiger partial charge >= 0.3 is 0 Å². The first-order valence-electron chi connectivity index (χ1n) is 51.3. The van der Waals surface area contributed by atoms with E-state index in [4.69, 9.17) is 45.5 Å². The number of imidazole rings is 1. The van der Waals surface area contributed by atoms with Gasteiger partial charge in [0.25, 0.3) is 0 Å². The van der Waals surface area contributed by atoms with E-state index in [-0.39, 0.29) is 51.9 Å². The summed E-state index contributed by atoms with van der Waals surface area (Å²) in [4.78, 5) is 75.5. The Bertz CT molecular complexity index is 7350. The van der Waals surface area contributed by atoms with E-state index in [2.05, 4.69) is 347 Å². The number of aromatic nitrogens is 16. The number of nitrogens with two attached hydrogens (primary N) is 2. The Labute approximate surface area is 914 Å². The van der Waals surface area contributed by atoms with Gasteiger partial charge < -0.3 is 59.4 Å². The van der Waals surface area contributed by atoms with Crippen molar-refractivity contribution >= 4 is 176 Å². The Hall–Kier alpha value is -10.4. The first-order valence-corrected chi connectivity index (χ1v) is 57.0. The van der Waals surface area contributed by atoms with E-state index in [9.17, 15) is 0 Å². The van der Waals surface area contributed by atoms with E-state index in [1.165, 1.54) is 30.0 Å². The largest absolute Gasteiger partial charge is 0.457 e. The fraction of sp³-hybridized carbons (Fsp3) is 0.440. The molecule has 1 atom stereocenters. The van der Waals surface area contributed by atoms with E-state index in [0.29, 0.717) is 62.3 Å². The lowest BCUT2D eigenvalue weighted by molar-refractivity contribution is -0.0537. The Morgan fingerprint density at radius 2 is 0.907 bits per heavy atom. The topological polar surface area (TPSA) is 331 Å². The van der Waals surface area contributed by atoms with Gasteiger partial charge in [-0.25, -0.2) is 49.8 Å². The summed E-state index contributed by atoms with van der Waals surface area (Å²) in [6.45, 7) is 64.5. The van der Waals surface area contributed by atoms with Gasteiger partial charge in [-0.3, -0.25) is 25.3 Å². The number of ether oxygens (including phenoxy) is 5. The average molecular weight is 2160 g/mol. The SMILES string of the molecule is CC(C)(C)Sc1ccc2c(N3CC(CN)C3)ncnc2c1.CC(C)(C)Sc1ccc2c(N3CC[C@@H](N)C3)ncnc2c1.CC(C)(C)Sc1ccc2nccnc2c1.CCCc1cccc(Oc2cc(C)nc3cc(SC(C)(C)C)ccc23)c1.Cc1cc(-n2ccnc2)c2ccc(SC(C)(C)C)cc2n1.Cc1nc(NCC2OCCO2)c2ncc(SC(C)(C)C)cc2n1.Cc1nc2cc(SC(C)(C)C)cnc2c(=N)n1CC1OCCO1. The molecule has 6 aromatic carbocycles. The van der Waals surface area contributed by atoms with Crippen LogP contribution in [0.1, 0.15) is 194 Å². The number of hydrogen-bond donors (Lipinski definition) is 4. The zero-order valence-corrected chi connectivity index (χ0v) is 97.5. The molecular weight excluding hydrogens is 2010 g/mol. The molecule has 14 heterocycles. The van der Waals surface area contributed by atoms with Crippen LogP contribution in [0, 0.1) is 39.0 Å². The first-order chi connectivity index (χ1) is 70.9. The molecule has 0 bridgehead atoms. The van der Waals surface area contributed by atoms with Crippen molar-refractivity contribution < 1.29 is 23.7 Å². The molecule has 4 aliphatic rings. The van der Waals surface area contributed by atoms with Crippen LogP contribution in [-0.4, -0.2) is 196 Å². The summed E-state index contributed by atoms with van der Waals surface area (Å²) in [6.07, 6.45) is 18.8. The Morgan fingerprint density at radius 3 is 1.42 bits per heavy atom. The van der Waals surface area contributed by atoms with Gasteiger partial charge in [0.2, 0.25) is 0 Å². The number of nitrogens with zero attached hydrogens (tertiary/aromatic N) is 18. The quantitative estimate of drug-likeness (QED) is 0.0515. The molecule has 0 amide bonds. The third-order valence-electron chi connectivity index (χ3n) is 22.7. The minimum absolute atomic E-state index is 0.111. The van der Waals surface area contributed by atoms with Gasteiger partial charge in [-0.2, -0.15) is 0 Å². The number of rotatable bonds is 20. The molecule has 20 rings (SSSR count). The number of benzene rings is 6. The highest BCUT2D eigenvalue weighted by Crippen LogP contribution is 2.43. The monoisotopic (exact) mass is 2150 g/mol. The summed E-state index contributed by atoms with van der Waals surface area (Å²) in [5.74, 6) is 6.61. The summed E-state index contributed by atoms with van der Waals surface area (Å²) >= 11 is 12.8. The minimum atomic E-state index is -0.308. The molecule has 4 aliphatic heterocycles. The first kappa shape index (κ1) is 115. The van der Waals surface area contributed by atoms with Crippen LogP contribution in [0.2, 0.25) is 0 Å². The summed E-state index contributed by atoms with van der Waals surface area (Å²) in [7, 11) is 0. The normalized spacial score (nSPS) is 14.9. The predicted octanol–water partition coefficient (Wildman–Crippen LogP) is 26.8. The van der Waals surface area contributed by atoms with E-state index in [1.807, 2.05) is 140 Å². The van der Waals surface area contributed by atoms with Crippen molar-refractivity contribution in [1.82, 2.24) is 78.9 Å². The lowest BCUT2D eigenvalue weighted by Crippen LogP contribution is -2.50. The van der Waals surface area contributed by atoms with Crippen molar-refractivity contribution in [3.63, 3.8) is 0 Å². The summed E-state index contributed by atoms with van der Waals surface area (Å²) < 4.78 is 33.2. The highest BCUT2D eigenvalue weighted by molar-refractivity contribution is 8.02. The van der Waals surface area contributed by atoms with Crippen molar-refractivity contribution in [2.75, 3.05) is 80.8 Å². The van der Waals surface area contributed by atoms with Crippen molar-refractivity contribution in [1.29, 1.82) is 5.41 Å². The number of fused-ring (bicyclic) bond motifs is 7. The molecule has 4 saturated heterocycles. The van der Waals surface area contributed by atoms with Gasteiger partial charge in [0.15, 0.2) is 23.9 Å². The number of hydrogen-bond acceptors (Lipinski definition) is 32. The Morgan fingerprint density at radius 1 is 0.440 bits per heavy atom. The molecule has 34 heteroatoms. The van der Waals surface area contributed by atoms with E-state index in [0.717, 1.165) is 185 Å². The number of pyridine rings is 4. The molecule has 0 unspecified atom stereocenters. The summed E-state index contributed by atoms with van der Waals surface area (Å²) in [6, 6.07) is 49.0. The van der Waals surface area contributed by atoms with E-state index >= 15 is 0 Å². The second-order valence-corrected chi connectivity index (χ2v) is 57.7. The van der Waals surface area contributed by atoms with Crippen LogP contribution >= 0.6 is 82.3 Å². The number of thioether (sulfide) groups is 7. The molecule has 16 aromatic rings. The molecule has 27 nitrogen and oxygen atoms in total. The zero-order valence-electron chi connectivity index (χ0n) is 91.8. The van der Waals surface area contributed by atoms with Crippen LogP contribution in [0.5, 0.6) is 11.5 Å². The van der Waals surface area contributed by atoms with E-state index < -0.39 is 0 Å². The summed E-state index contributed by atoms with van der Waals surface area (Å²) in [5.41, 5.74) is 25.4. The van der Waals surface area contributed by atoms with E-state index in [1.54, 1.807) is 59.3 Å². The van der Waals surface area contributed by atoms with Crippen LogP contribution in [-0.2, 0) is 31.9 Å². The molecule has 0 spiro atoms. The second-order valence-electron chi connectivity index (χ2n) is 44.4. The van der Waals surface area contributed by atoms with Gasteiger partial charge in [-0.1, -0.05) is 171 Å². The van der Waals surface area contributed by atoms with Crippen molar-refractivity contribution in [3.05, 3.63) is 230 Å². The predicted molar refractivity (Wildman–Crippen MR) is 628 cm³/mol. The van der Waals surface area contributed by atoms with Crippen LogP contribution in [0.3, 0.4) is 0 Å². The Balaban J connectivity index is 0.000000138. The van der Waals surface area contributed by atoms with Crippen molar-refractivity contribution in [2.45, 2.75) is 292 Å². The molecule has 0 radical (unpaired) electrons. The number of anilines is 3. The van der Waals surface area contributed by atoms with Crippen molar-refractivity contribution in [2.24, 2.45) is 17.4 Å². The molecule has 10 aromatic heterocycles. The maximum Gasteiger partial charge on any atom is 0.175 e. The molecule has 0 saturated carbocycles. The Kier molecular flexibility index (Phi) is 38.9. The lowest BCUT2D eigenvalue weighted by atomic mass is 10.00. The zero-order chi connectivity index (χ0) is 108. The molecule has 6 N–H and O–H groups in total. The highest BCUT2D eigenvalue weighted by atomic mass is 32.2. The van der Waals surface area contributed by atoms with Gasteiger partial charge in [0.05, 0.1) is 95.7 Å². The smallest absolute Gasteiger partial charge is 0.175 e.